The molecule has 2 rings (SSSR count). The molecule has 4 heteroatoms. The summed E-state index contributed by atoms with van der Waals surface area (Å²) in [4.78, 5) is 13.8. The molecule has 1 N–H and O–H groups in total. The minimum Gasteiger partial charge on any atom is -0.493 e. The maximum absolute atomic E-state index is 12.0. The van der Waals surface area contributed by atoms with Crippen LogP contribution in [0.3, 0.4) is 0 Å². The minimum absolute atomic E-state index is 0.106. The Hall–Kier alpha value is -1.55. The molecule has 0 bridgehead atoms. The number of carbonyl (C=O) groups is 1. The molecule has 2 unspecified atom stereocenters. The van der Waals surface area contributed by atoms with E-state index >= 15 is 0 Å². The van der Waals surface area contributed by atoms with Crippen molar-refractivity contribution in [3.63, 3.8) is 0 Å². The van der Waals surface area contributed by atoms with Crippen molar-refractivity contribution in [2.75, 3.05) is 19.7 Å². The van der Waals surface area contributed by atoms with Crippen LogP contribution in [0.2, 0.25) is 0 Å². The van der Waals surface area contributed by atoms with Gasteiger partial charge in [-0.1, -0.05) is 25.1 Å². The molecule has 1 fully saturated rings. The molecule has 104 valence electrons. The summed E-state index contributed by atoms with van der Waals surface area (Å²) in [6.07, 6.45) is 0.786. The number of carbonyl (C=O) groups excluding carboxylic acids is 1. The van der Waals surface area contributed by atoms with Crippen molar-refractivity contribution in [2.45, 2.75) is 25.9 Å². The van der Waals surface area contributed by atoms with E-state index < -0.39 is 0 Å². The molecule has 1 aromatic rings. The second-order valence-corrected chi connectivity index (χ2v) is 5.08. The van der Waals surface area contributed by atoms with Gasteiger partial charge in [-0.2, -0.15) is 0 Å². The predicted molar refractivity (Wildman–Crippen MR) is 72.9 cm³/mol. The highest BCUT2D eigenvalue weighted by Crippen LogP contribution is 2.17. The zero-order valence-electron chi connectivity index (χ0n) is 11.3. The van der Waals surface area contributed by atoms with Crippen LogP contribution >= 0.6 is 0 Å². The second-order valence-electron chi connectivity index (χ2n) is 5.08. The Morgan fingerprint density at radius 2 is 2.16 bits per heavy atom. The van der Waals surface area contributed by atoms with Gasteiger partial charge in [-0.05, 0) is 24.5 Å². The van der Waals surface area contributed by atoms with Gasteiger partial charge in [-0.25, -0.2) is 0 Å². The summed E-state index contributed by atoms with van der Waals surface area (Å²) in [7, 11) is 0. The van der Waals surface area contributed by atoms with Crippen LogP contribution in [0, 0.1) is 5.92 Å². The first-order chi connectivity index (χ1) is 9.16. The molecule has 0 saturated carbocycles. The Kier molecular flexibility index (Phi) is 4.80. The van der Waals surface area contributed by atoms with E-state index in [0.29, 0.717) is 32.5 Å². The Labute approximate surface area is 114 Å². The predicted octanol–water partition coefficient (Wildman–Crippen LogP) is 1.68. The Bertz CT molecular complexity index is 407. The van der Waals surface area contributed by atoms with Crippen molar-refractivity contribution in [2.24, 2.45) is 5.92 Å². The number of piperidine rings is 1. The van der Waals surface area contributed by atoms with Gasteiger partial charge in [0.25, 0.3) is 0 Å². The maximum Gasteiger partial charge on any atom is 0.226 e. The number of aliphatic hydroxyl groups excluding tert-OH is 1. The largest absolute Gasteiger partial charge is 0.493 e. The molecule has 0 aromatic heterocycles. The summed E-state index contributed by atoms with van der Waals surface area (Å²) in [5.74, 6) is 1.06. The third-order valence-corrected chi connectivity index (χ3v) is 3.54. The lowest BCUT2D eigenvalue weighted by Crippen LogP contribution is -2.45. The number of hydrogen-bond donors (Lipinski definition) is 1. The smallest absolute Gasteiger partial charge is 0.226 e. The third-order valence-electron chi connectivity index (χ3n) is 3.54. The molecule has 19 heavy (non-hydrogen) atoms. The van der Waals surface area contributed by atoms with Crippen LogP contribution < -0.4 is 4.74 Å². The van der Waals surface area contributed by atoms with Crippen LogP contribution in [-0.4, -0.2) is 41.7 Å². The lowest BCUT2D eigenvalue weighted by atomic mass is 9.96. The monoisotopic (exact) mass is 263 g/mol. The highest BCUT2D eigenvalue weighted by atomic mass is 16.5. The van der Waals surface area contributed by atoms with E-state index in [0.717, 1.165) is 5.75 Å². The molecule has 4 nitrogen and oxygen atoms in total. The van der Waals surface area contributed by atoms with Crippen LogP contribution in [0.15, 0.2) is 30.3 Å². The van der Waals surface area contributed by atoms with Gasteiger partial charge < -0.3 is 14.7 Å². The molecule has 1 aliphatic heterocycles. The Morgan fingerprint density at radius 3 is 2.84 bits per heavy atom. The molecule has 1 aliphatic rings. The number of para-hydroxylation sites is 1. The lowest BCUT2D eigenvalue weighted by molar-refractivity contribution is -0.135. The molecule has 0 aliphatic carbocycles. The highest BCUT2D eigenvalue weighted by molar-refractivity contribution is 5.76. The van der Waals surface area contributed by atoms with Crippen molar-refractivity contribution < 1.29 is 14.6 Å². The molecule has 1 amide bonds. The van der Waals surface area contributed by atoms with E-state index in [4.69, 9.17) is 4.74 Å². The zero-order valence-corrected chi connectivity index (χ0v) is 11.3. The van der Waals surface area contributed by atoms with Crippen LogP contribution in [0.1, 0.15) is 19.8 Å². The average molecular weight is 263 g/mol. The van der Waals surface area contributed by atoms with Gasteiger partial charge in [0.1, 0.15) is 5.75 Å². The average Bonchev–Trinajstić information content (AvgIpc) is 2.43. The number of rotatable bonds is 4. The molecular weight excluding hydrogens is 242 g/mol. The van der Waals surface area contributed by atoms with E-state index in [1.807, 2.05) is 42.2 Å². The van der Waals surface area contributed by atoms with Gasteiger partial charge in [-0.3, -0.25) is 4.79 Å². The second kappa shape index (κ2) is 6.57. The fraction of sp³-hybridized carbons (Fsp3) is 0.533. The number of amides is 1. The van der Waals surface area contributed by atoms with E-state index in [1.165, 1.54) is 0 Å². The Balaban J connectivity index is 1.73. The summed E-state index contributed by atoms with van der Waals surface area (Å²) in [6.45, 7) is 3.67. The van der Waals surface area contributed by atoms with Crippen LogP contribution in [-0.2, 0) is 4.79 Å². The number of nitrogens with zero attached hydrogens (tertiary/aromatic N) is 1. The topological polar surface area (TPSA) is 49.8 Å². The lowest BCUT2D eigenvalue weighted by Gasteiger charge is -2.34. The van der Waals surface area contributed by atoms with Crippen molar-refractivity contribution in [1.29, 1.82) is 0 Å². The van der Waals surface area contributed by atoms with Gasteiger partial charge in [0, 0.05) is 13.1 Å². The van der Waals surface area contributed by atoms with Gasteiger partial charge in [0.05, 0.1) is 19.1 Å². The van der Waals surface area contributed by atoms with Crippen LogP contribution in [0.5, 0.6) is 5.75 Å². The summed E-state index contributed by atoms with van der Waals surface area (Å²) >= 11 is 0. The van der Waals surface area contributed by atoms with Gasteiger partial charge in [0.15, 0.2) is 0 Å². The van der Waals surface area contributed by atoms with Crippen LogP contribution in [0.4, 0.5) is 0 Å². The fourth-order valence-corrected chi connectivity index (χ4v) is 2.29. The van der Waals surface area contributed by atoms with E-state index in [-0.39, 0.29) is 17.9 Å². The normalized spacial score (nSPS) is 23.2. The van der Waals surface area contributed by atoms with Gasteiger partial charge in [-0.15, -0.1) is 0 Å². The quantitative estimate of drug-likeness (QED) is 0.899. The fourth-order valence-electron chi connectivity index (χ4n) is 2.29. The minimum atomic E-state index is -0.274. The zero-order chi connectivity index (χ0) is 13.7. The van der Waals surface area contributed by atoms with Gasteiger partial charge in [0.2, 0.25) is 5.91 Å². The molecule has 0 radical (unpaired) electrons. The molecule has 2 atom stereocenters. The number of hydrogen-bond acceptors (Lipinski definition) is 3. The molecule has 1 saturated heterocycles. The first kappa shape index (κ1) is 13.9. The molecule has 1 aromatic carbocycles. The summed E-state index contributed by atoms with van der Waals surface area (Å²) in [5.41, 5.74) is 0. The van der Waals surface area contributed by atoms with Crippen molar-refractivity contribution in [3.05, 3.63) is 30.3 Å². The SMILES string of the molecule is CC1CN(C(=O)CCOc2ccccc2)CCC1O. The van der Waals surface area contributed by atoms with Crippen molar-refractivity contribution >= 4 is 5.91 Å². The standard InChI is InChI=1S/C15H21NO3/c1-12-11-16(9-7-14(12)17)15(18)8-10-19-13-5-3-2-4-6-13/h2-6,12,14,17H,7-11H2,1H3. The Morgan fingerprint density at radius 1 is 1.42 bits per heavy atom. The molecular formula is C15H21NO3. The van der Waals surface area contributed by atoms with Crippen LogP contribution in [0.25, 0.3) is 0 Å². The maximum atomic E-state index is 12.0. The number of aliphatic hydroxyl groups is 1. The summed E-state index contributed by atoms with van der Waals surface area (Å²) in [6, 6.07) is 9.50. The van der Waals surface area contributed by atoms with Gasteiger partial charge >= 0.3 is 0 Å². The molecule has 0 spiro atoms. The van der Waals surface area contributed by atoms with Crippen molar-refractivity contribution in [3.8, 4) is 5.75 Å². The van der Waals surface area contributed by atoms with E-state index in [2.05, 4.69) is 0 Å². The van der Waals surface area contributed by atoms with E-state index in [9.17, 15) is 9.90 Å². The number of ether oxygens (including phenoxy) is 1. The van der Waals surface area contributed by atoms with Crippen molar-refractivity contribution in [1.82, 2.24) is 4.90 Å². The highest BCUT2D eigenvalue weighted by Gasteiger charge is 2.26. The van der Waals surface area contributed by atoms with E-state index in [1.54, 1.807) is 0 Å². The summed E-state index contributed by atoms with van der Waals surface area (Å²) < 4.78 is 5.52. The number of likely N-dealkylation sites (tertiary alicyclic amines) is 1. The third kappa shape index (κ3) is 3.96. The number of benzene rings is 1. The molecule has 1 heterocycles. The first-order valence-corrected chi connectivity index (χ1v) is 6.80. The first-order valence-electron chi connectivity index (χ1n) is 6.80. The summed E-state index contributed by atoms with van der Waals surface area (Å²) in [5, 5.41) is 9.64.